The van der Waals surface area contributed by atoms with Crippen LogP contribution in [0.2, 0.25) is 0 Å². The Balaban J connectivity index is 1.38. The Labute approximate surface area is 253 Å². The van der Waals surface area contributed by atoms with E-state index in [2.05, 4.69) is 103 Å². The fourth-order valence-electron chi connectivity index (χ4n) is 6.89. The average molecular weight is 549 g/mol. The second-order valence-electron chi connectivity index (χ2n) is 11.1. The van der Waals surface area contributed by atoms with Gasteiger partial charge in [0, 0.05) is 10.9 Å². The largest absolute Gasteiger partial charge is 0.456 e. The fourth-order valence-corrected chi connectivity index (χ4v) is 6.89. The minimum absolute atomic E-state index is 0.461. The molecule has 1 heterocycles. The van der Waals surface area contributed by atoms with Crippen molar-refractivity contribution in [2.75, 3.05) is 0 Å². The smallest absolute Gasteiger partial charge is 0.135 e. The molecule has 9 rings (SSSR count). The van der Waals surface area contributed by atoms with Gasteiger partial charge < -0.3 is 4.74 Å². The molecule has 0 saturated carbocycles. The Morgan fingerprint density at radius 1 is 0.395 bits per heavy atom. The Morgan fingerprint density at radius 2 is 1.05 bits per heavy atom. The third-order valence-electron chi connectivity index (χ3n) is 8.73. The third kappa shape index (κ3) is 3.65. The SMILES string of the molecule is [2H]c1ccc2c(-c3ccccc3-c3ccccc3)c3cc([2H])ccc3c(-c3ccc4c(c3)-c3cccc5cccc(c35)O4)c2c1. The molecule has 0 saturated heterocycles. The first-order chi connectivity index (χ1) is 22.1. The summed E-state index contributed by atoms with van der Waals surface area (Å²) >= 11 is 0. The Kier molecular flexibility index (Phi) is 4.83. The van der Waals surface area contributed by atoms with Crippen LogP contribution in [0, 0.1) is 0 Å². The van der Waals surface area contributed by atoms with Crippen molar-refractivity contribution in [2.45, 2.75) is 0 Å². The van der Waals surface area contributed by atoms with Gasteiger partial charge in [-0.25, -0.2) is 0 Å². The highest BCUT2D eigenvalue weighted by Crippen LogP contribution is 2.50. The maximum Gasteiger partial charge on any atom is 0.135 e. The van der Waals surface area contributed by atoms with Gasteiger partial charge in [-0.15, -0.1) is 0 Å². The Bertz CT molecular complexity index is 2470. The summed E-state index contributed by atoms with van der Waals surface area (Å²) < 4.78 is 23.8. The van der Waals surface area contributed by atoms with E-state index in [-0.39, 0.29) is 0 Å². The van der Waals surface area contributed by atoms with Gasteiger partial charge in [0.2, 0.25) is 0 Å². The normalized spacial score (nSPS) is 12.6. The molecule has 0 fully saturated rings. The van der Waals surface area contributed by atoms with Crippen LogP contribution >= 0.6 is 0 Å². The van der Waals surface area contributed by atoms with Gasteiger partial charge in [-0.05, 0) is 84.1 Å². The van der Waals surface area contributed by atoms with E-state index in [0.29, 0.717) is 12.1 Å². The van der Waals surface area contributed by atoms with E-state index in [1.54, 1.807) is 0 Å². The predicted octanol–water partition coefficient (Wildman–Crippen LogP) is 11.9. The molecule has 200 valence electrons. The Hall–Kier alpha value is -5.66. The summed E-state index contributed by atoms with van der Waals surface area (Å²) in [4.78, 5) is 0. The van der Waals surface area contributed by atoms with Gasteiger partial charge in [-0.3, -0.25) is 0 Å². The molecule has 8 aromatic rings. The highest BCUT2D eigenvalue weighted by molar-refractivity contribution is 6.22. The molecule has 1 aliphatic rings. The molecule has 0 aromatic heterocycles. The summed E-state index contributed by atoms with van der Waals surface area (Å²) in [5, 5.41) is 6.43. The molecule has 0 radical (unpaired) electrons. The summed E-state index contributed by atoms with van der Waals surface area (Å²) in [6, 6.07) is 50.8. The highest BCUT2D eigenvalue weighted by atomic mass is 16.5. The molecule has 8 aromatic carbocycles. The molecule has 1 aliphatic heterocycles. The zero-order chi connectivity index (χ0) is 30.1. The molecule has 1 nitrogen and oxygen atoms in total. The standard InChI is InChI=1S/C42H26O/c1-2-12-27(13-3-1)30-16-4-5-17-31(30)42-34-20-8-6-18-32(34)40(33-19-7-9-21-35(33)42)29-24-25-38-37(26-29)36-22-10-14-28-15-11-23-39(43-38)41(28)36/h1-26H/i6D,9D. The number of rotatable bonds is 3. The average Bonchev–Trinajstić information content (AvgIpc) is 3.08. The third-order valence-corrected chi connectivity index (χ3v) is 8.73. The van der Waals surface area contributed by atoms with Crippen molar-refractivity contribution in [3.05, 3.63) is 158 Å². The van der Waals surface area contributed by atoms with Crippen molar-refractivity contribution < 1.29 is 7.48 Å². The van der Waals surface area contributed by atoms with Crippen molar-refractivity contribution in [3.63, 3.8) is 0 Å². The van der Waals surface area contributed by atoms with Crippen LogP contribution in [0.1, 0.15) is 2.74 Å². The van der Waals surface area contributed by atoms with E-state index in [1.807, 2.05) is 42.5 Å². The summed E-state index contributed by atoms with van der Waals surface area (Å²) in [6.45, 7) is 0. The second kappa shape index (κ2) is 9.44. The van der Waals surface area contributed by atoms with Crippen LogP contribution in [0.25, 0.3) is 76.8 Å². The molecule has 0 spiro atoms. The molecule has 0 bridgehead atoms. The van der Waals surface area contributed by atoms with Crippen LogP contribution in [0.15, 0.2) is 158 Å². The van der Waals surface area contributed by atoms with E-state index in [1.165, 1.54) is 0 Å². The van der Waals surface area contributed by atoms with E-state index >= 15 is 0 Å². The predicted molar refractivity (Wildman–Crippen MR) is 181 cm³/mol. The van der Waals surface area contributed by atoms with Gasteiger partial charge in [0.1, 0.15) is 11.5 Å². The van der Waals surface area contributed by atoms with Crippen LogP contribution in [-0.2, 0) is 0 Å². The molecule has 1 heteroatoms. The molecule has 0 aliphatic carbocycles. The minimum Gasteiger partial charge on any atom is -0.456 e. The summed E-state index contributed by atoms with van der Waals surface area (Å²) in [5.41, 5.74) is 8.78. The van der Waals surface area contributed by atoms with Crippen LogP contribution in [0.3, 0.4) is 0 Å². The van der Waals surface area contributed by atoms with Crippen molar-refractivity contribution in [3.8, 4) is 56.0 Å². The van der Waals surface area contributed by atoms with E-state index in [9.17, 15) is 0 Å². The quantitative estimate of drug-likeness (QED) is 0.200. The molecule has 0 amide bonds. The zero-order valence-corrected chi connectivity index (χ0v) is 23.3. The topological polar surface area (TPSA) is 9.23 Å². The summed E-state index contributed by atoms with van der Waals surface area (Å²) in [7, 11) is 0. The number of ether oxygens (including phenoxy) is 1. The molecule has 43 heavy (non-hydrogen) atoms. The van der Waals surface area contributed by atoms with Crippen LogP contribution in [0.4, 0.5) is 0 Å². The molecule has 0 atom stereocenters. The Morgan fingerprint density at radius 3 is 1.86 bits per heavy atom. The lowest BCUT2D eigenvalue weighted by molar-refractivity contribution is 0.487. The minimum atomic E-state index is 0.461. The van der Waals surface area contributed by atoms with Crippen molar-refractivity contribution in [1.82, 2.24) is 0 Å². The number of benzene rings is 8. The first kappa shape index (κ1) is 22.0. The van der Waals surface area contributed by atoms with Crippen LogP contribution < -0.4 is 4.74 Å². The first-order valence-electron chi connectivity index (χ1n) is 15.6. The van der Waals surface area contributed by atoms with Crippen molar-refractivity contribution in [2.24, 2.45) is 0 Å². The van der Waals surface area contributed by atoms with Gasteiger partial charge in [-0.2, -0.15) is 0 Å². The van der Waals surface area contributed by atoms with Gasteiger partial charge in [-0.1, -0.05) is 139 Å². The van der Waals surface area contributed by atoms with Gasteiger partial charge >= 0.3 is 0 Å². The number of hydrogen-bond acceptors (Lipinski definition) is 1. The number of hydrogen-bond donors (Lipinski definition) is 0. The van der Waals surface area contributed by atoms with E-state index in [4.69, 9.17) is 7.48 Å². The van der Waals surface area contributed by atoms with Gasteiger partial charge in [0.15, 0.2) is 0 Å². The lowest BCUT2D eigenvalue weighted by Crippen LogP contribution is -1.98. The van der Waals surface area contributed by atoms with Crippen LogP contribution in [-0.4, -0.2) is 0 Å². The molecule has 0 N–H and O–H groups in total. The molecular weight excluding hydrogens is 520 g/mol. The van der Waals surface area contributed by atoms with Crippen molar-refractivity contribution >= 4 is 32.3 Å². The molecular formula is C42H26O. The monoisotopic (exact) mass is 548 g/mol. The maximum atomic E-state index is 8.69. The zero-order valence-electron chi connectivity index (χ0n) is 25.3. The molecule has 0 unspecified atom stereocenters. The summed E-state index contributed by atoms with van der Waals surface area (Å²) in [6.07, 6.45) is 0. The highest BCUT2D eigenvalue weighted by Gasteiger charge is 2.23. The van der Waals surface area contributed by atoms with E-state index in [0.717, 1.165) is 88.3 Å². The van der Waals surface area contributed by atoms with E-state index < -0.39 is 0 Å². The number of fused-ring (bicyclic) bond motifs is 4. The van der Waals surface area contributed by atoms with Gasteiger partial charge in [0.25, 0.3) is 0 Å². The fraction of sp³-hybridized carbons (Fsp3) is 0. The lowest BCUT2D eigenvalue weighted by Gasteiger charge is -2.23. The summed E-state index contributed by atoms with van der Waals surface area (Å²) in [5.74, 6) is 1.71. The lowest BCUT2D eigenvalue weighted by atomic mass is 9.83. The van der Waals surface area contributed by atoms with Crippen LogP contribution in [0.5, 0.6) is 11.5 Å². The maximum absolute atomic E-state index is 8.69. The van der Waals surface area contributed by atoms with Crippen molar-refractivity contribution in [1.29, 1.82) is 0 Å². The second-order valence-corrected chi connectivity index (χ2v) is 11.1. The first-order valence-corrected chi connectivity index (χ1v) is 14.6. The van der Waals surface area contributed by atoms with Gasteiger partial charge in [0.05, 0.1) is 2.74 Å².